The Morgan fingerprint density at radius 2 is 2.30 bits per heavy atom. The van der Waals surface area contributed by atoms with Crippen LogP contribution in [0.4, 0.5) is 5.69 Å². The van der Waals surface area contributed by atoms with Gasteiger partial charge in [-0.25, -0.2) is 0 Å². The number of H-pyrrole nitrogens is 1. The number of nitrogens with one attached hydrogen (secondary N) is 2. The van der Waals surface area contributed by atoms with Crippen LogP contribution in [0.2, 0.25) is 5.02 Å². The first-order valence-corrected chi connectivity index (χ1v) is 7.02. The molecule has 1 heterocycles. The van der Waals surface area contributed by atoms with E-state index in [1.165, 1.54) is 0 Å². The Morgan fingerprint density at radius 3 is 3.00 bits per heavy atom. The minimum atomic E-state index is -0.353. The van der Waals surface area contributed by atoms with Gasteiger partial charge in [-0.1, -0.05) is 29.4 Å². The van der Waals surface area contributed by atoms with E-state index in [4.69, 9.17) is 11.6 Å². The second-order valence-corrected chi connectivity index (χ2v) is 5.31. The van der Waals surface area contributed by atoms with Gasteiger partial charge in [0.2, 0.25) is 5.91 Å². The predicted molar refractivity (Wildman–Crippen MR) is 78.2 cm³/mol. The number of anilines is 1. The summed E-state index contributed by atoms with van der Waals surface area (Å²) < 4.78 is 0. The number of hydrogen-bond acceptors (Lipinski definition) is 5. The van der Waals surface area contributed by atoms with Crippen molar-refractivity contribution in [2.24, 2.45) is 0 Å². The predicted octanol–water partition coefficient (Wildman–Crippen LogP) is 1.86. The molecule has 0 spiro atoms. The average molecular weight is 311 g/mol. The number of thioether (sulfide) groups is 1. The van der Waals surface area contributed by atoms with Gasteiger partial charge in [0.25, 0.3) is 5.56 Å². The van der Waals surface area contributed by atoms with Crippen molar-refractivity contribution in [2.75, 3.05) is 11.1 Å². The van der Waals surface area contributed by atoms with Gasteiger partial charge in [0, 0.05) is 10.7 Å². The summed E-state index contributed by atoms with van der Waals surface area (Å²) in [6, 6.07) is 5.28. The van der Waals surface area contributed by atoms with E-state index in [-0.39, 0.29) is 17.2 Å². The molecule has 20 heavy (non-hydrogen) atoms. The van der Waals surface area contributed by atoms with Gasteiger partial charge in [0.15, 0.2) is 5.16 Å². The normalized spacial score (nSPS) is 10.3. The van der Waals surface area contributed by atoms with Crippen LogP contribution in [-0.4, -0.2) is 26.8 Å². The van der Waals surface area contributed by atoms with Crippen molar-refractivity contribution >= 4 is 35.0 Å². The summed E-state index contributed by atoms with van der Waals surface area (Å²) in [5.74, 6) is -0.110. The van der Waals surface area contributed by atoms with Crippen LogP contribution in [0.25, 0.3) is 0 Å². The molecule has 0 aliphatic carbocycles. The molecule has 0 fully saturated rings. The molecule has 0 radical (unpaired) electrons. The molecule has 0 atom stereocenters. The van der Waals surface area contributed by atoms with Gasteiger partial charge in [-0.05, 0) is 24.6 Å². The molecule has 0 bridgehead atoms. The maximum Gasteiger partial charge on any atom is 0.270 e. The number of carbonyl (C=O) groups excluding carboxylic acids is 1. The molecule has 0 aliphatic heterocycles. The van der Waals surface area contributed by atoms with E-state index in [0.29, 0.717) is 15.9 Å². The van der Waals surface area contributed by atoms with Crippen molar-refractivity contribution in [1.29, 1.82) is 0 Å². The summed E-state index contributed by atoms with van der Waals surface area (Å²) in [6.45, 7) is 1.88. The maximum absolute atomic E-state index is 11.8. The van der Waals surface area contributed by atoms with Crippen molar-refractivity contribution in [3.05, 3.63) is 45.3 Å². The summed E-state index contributed by atoms with van der Waals surface area (Å²) in [5.41, 5.74) is 1.21. The quantitative estimate of drug-likeness (QED) is 0.842. The van der Waals surface area contributed by atoms with Crippen LogP contribution in [0, 0.1) is 6.92 Å². The second kappa shape index (κ2) is 6.53. The van der Waals surface area contributed by atoms with Gasteiger partial charge in [0.05, 0.1) is 5.75 Å². The van der Waals surface area contributed by atoms with Crippen LogP contribution in [0.15, 0.2) is 34.3 Å². The standard InChI is InChI=1S/C12H11ClN4O2S/c1-7-2-3-8(4-9(7)13)15-11(19)6-20-12-16-10(18)5-14-17-12/h2-5H,6H2,1H3,(H,15,19)(H,16,17,18). The molecule has 2 aromatic rings. The molecule has 2 N–H and O–H groups in total. The number of aryl methyl sites for hydroxylation is 1. The Kier molecular flexibility index (Phi) is 4.75. The Labute approximate surface area is 124 Å². The molecule has 0 saturated carbocycles. The van der Waals surface area contributed by atoms with E-state index in [1.54, 1.807) is 12.1 Å². The van der Waals surface area contributed by atoms with Gasteiger partial charge in [-0.15, -0.1) is 5.10 Å². The molecule has 2 rings (SSSR count). The lowest BCUT2D eigenvalue weighted by Crippen LogP contribution is -2.15. The highest BCUT2D eigenvalue weighted by Crippen LogP contribution is 2.20. The number of aromatic nitrogens is 3. The SMILES string of the molecule is Cc1ccc(NC(=O)CSc2nncc(=O)[nH]2)cc1Cl. The zero-order chi connectivity index (χ0) is 14.5. The second-order valence-electron chi connectivity index (χ2n) is 3.94. The highest BCUT2D eigenvalue weighted by molar-refractivity contribution is 7.99. The first-order chi connectivity index (χ1) is 9.54. The highest BCUT2D eigenvalue weighted by Gasteiger charge is 2.06. The molecule has 0 unspecified atom stereocenters. The Hall–Kier alpha value is -1.86. The number of hydrogen-bond donors (Lipinski definition) is 2. The monoisotopic (exact) mass is 310 g/mol. The van der Waals surface area contributed by atoms with Crippen LogP contribution in [0.1, 0.15) is 5.56 Å². The zero-order valence-corrected chi connectivity index (χ0v) is 12.1. The Balaban J connectivity index is 1.92. The molecular weight excluding hydrogens is 300 g/mol. The molecule has 1 aromatic heterocycles. The third-order valence-corrected chi connectivity index (χ3v) is 3.62. The van der Waals surface area contributed by atoms with Crippen molar-refractivity contribution in [1.82, 2.24) is 15.2 Å². The van der Waals surface area contributed by atoms with Gasteiger partial charge in [-0.3, -0.25) is 14.6 Å². The van der Waals surface area contributed by atoms with Crippen molar-refractivity contribution in [2.45, 2.75) is 12.1 Å². The summed E-state index contributed by atoms with van der Waals surface area (Å²) in [5, 5.41) is 10.8. The molecule has 104 valence electrons. The minimum absolute atomic E-state index is 0.111. The number of amides is 1. The van der Waals surface area contributed by atoms with Crippen molar-refractivity contribution in [3.63, 3.8) is 0 Å². The minimum Gasteiger partial charge on any atom is -0.325 e. The van der Waals surface area contributed by atoms with Crippen LogP contribution < -0.4 is 10.9 Å². The van der Waals surface area contributed by atoms with E-state index in [9.17, 15) is 9.59 Å². The Morgan fingerprint density at radius 1 is 1.50 bits per heavy atom. The molecule has 1 aromatic carbocycles. The van der Waals surface area contributed by atoms with E-state index >= 15 is 0 Å². The summed E-state index contributed by atoms with van der Waals surface area (Å²) in [6.07, 6.45) is 1.07. The summed E-state index contributed by atoms with van der Waals surface area (Å²) >= 11 is 7.07. The zero-order valence-electron chi connectivity index (χ0n) is 10.5. The molecule has 0 saturated heterocycles. The number of carbonyl (C=O) groups is 1. The van der Waals surface area contributed by atoms with Crippen LogP contribution in [-0.2, 0) is 4.79 Å². The number of benzene rings is 1. The summed E-state index contributed by atoms with van der Waals surface area (Å²) in [4.78, 5) is 25.2. The van der Waals surface area contributed by atoms with E-state index in [1.807, 2.05) is 13.0 Å². The third kappa shape index (κ3) is 4.07. The summed E-state index contributed by atoms with van der Waals surface area (Å²) in [7, 11) is 0. The number of aromatic amines is 1. The fraction of sp³-hybridized carbons (Fsp3) is 0.167. The third-order valence-electron chi connectivity index (χ3n) is 2.35. The van der Waals surface area contributed by atoms with Gasteiger partial charge in [0.1, 0.15) is 6.20 Å². The lowest BCUT2D eigenvalue weighted by atomic mass is 10.2. The van der Waals surface area contributed by atoms with E-state index < -0.39 is 0 Å². The molecule has 1 amide bonds. The number of rotatable bonds is 4. The lowest BCUT2D eigenvalue weighted by Gasteiger charge is -2.06. The van der Waals surface area contributed by atoms with Gasteiger partial charge in [-0.2, -0.15) is 5.10 Å². The largest absolute Gasteiger partial charge is 0.325 e. The van der Waals surface area contributed by atoms with Crippen molar-refractivity contribution in [3.8, 4) is 0 Å². The lowest BCUT2D eigenvalue weighted by molar-refractivity contribution is -0.113. The van der Waals surface area contributed by atoms with Crippen LogP contribution in [0.5, 0.6) is 0 Å². The maximum atomic E-state index is 11.8. The van der Waals surface area contributed by atoms with E-state index in [2.05, 4.69) is 20.5 Å². The van der Waals surface area contributed by atoms with Crippen LogP contribution >= 0.6 is 23.4 Å². The molecule has 0 aliphatic rings. The molecule has 6 nitrogen and oxygen atoms in total. The van der Waals surface area contributed by atoms with E-state index in [0.717, 1.165) is 23.5 Å². The fourth-order valence-electron chi connectivity index (χ4n) is 1.36. The average Bonchev–Trinajstić information content (AvgIpc) is 2.41. The molecule has 8 heteroatoms. The first-order valence-electron chi connectivity index (χ1n) is 5.65. The topological polar surface area (TPSA) is 87.7 Å². The molecular formula is C12H11ClN4O2S. The van der Waals surface area contributed by atoms with Gasteiger partial charge < -0.3 is 5.32 Å². The number of halogens is 1. The number of nitrogens with zero attached hydrogens (tertiary/aromatic N) is 2. The highest BCUT2D eigenvalue weighted by atomic mass is 35.5. The van der Waals surface area contributed by atoms with Gasteiger partial charge >= 0.3 is 0 Å². The first kappa shape index (κ1) is 14.5. The smallest absolute Gasteiger partial charge is 0.270 e. The van der Waals surface area contributed by atoms with Crippen LogP contribution in [0.3, 0.4) is 0 Å². The Bertz CT molecular complexity index is 689. The fourth-order valence-corrected chi connectivity index (χ4v) is 2.16. The van der Waals surface area contributed by atoms with Crippen molar-refractivity contribution < 1.29 is 4.79 Å².